The Kier molecular flexibility index (Phi) is 6.28. The number of rotatable bonds is 5. The summed E-state index contributed by atoms with van der Waals surface area (Å²) in [6.07, 6.45) is 2.29. The van der Waals surface area contributed by atoms with Crippen LogP contribution in [0.1, 0.15) is 45.6 Å². The number of benzene rings is 1. The summed E-state index contributed by atoms with van der Waals surface area (Å²) in [4.78, 5) is 30.9. The highest BCUT2D eigenvalue weighted by Crippen LogP contribution is 2.28. The van der Waals surface area contributed by atoms with Crippen molar-refractivity contribution in [3.8, 4) is 5.75 Å². The lowest BCUT2D eigenvalue weighted by Gasteiger charge is -2.30. The number of hydrogen-bond donors (Lipinski definition) is 0. The second-order valence-corrected chi connectivity index (χ2v) is 9.02. The summed E-state index contributed by atoms with van der Waals surface area (Å²) in [5, 5.41) is 0. The molecular formula is C27H31N3O4. The van der Waals surface area contributed by atoms with Crippen LogP contribution in [0.2, 0.25) is 0 Å². The molecule has 0 aliphatic carbocycles. The molecule has 3 aromatic rings. The van der Waals surface area contributed by atoms with E-state index in [2.05, 4.69) is 24.0 Å². The predicted octanol–water partition coefficient (Wildman–Crippen LogP) is 3.27. The number of amides is 1. The molecule has 2 aliphatic heterocycles. The number of carbonyl (C=O) groups is 1. The third-order valence-corrected chi connectivity index (χ3v) is 6.98. The Labute approximate surface area is 199 Å². The second-order valence-electron chi connectivity index (χ2n) is 9.02. The van der Waals surface area contributed by atoms with E-state index < -0.39 is 0 Å². The molecule has 0 saturated carbocycles. The quantitative estimate of drug-likeness (QED) is 0.584. The number of nitrogens with zero attached hydrogens (tertiary/aromatic N) is 3. The fraction of sp³-hybridized carbons (Fsp3) is 0.407. The monoisotopic (exact) mass is 461 g/mol. The molecule has 0 bridgehead atoms. The molecule has 34 heavy (non-hydrogen) atoms. The molecule has 0 saturated heterocycles. The molecular weight excluding hydrogens is 430 g/mol. The fourth-order valence-corrected chi connectivity index (χ4v) is 5.09. The number of carbonyl (C=O) groups excluding carboxylic acids is 1. The molecule has 5 rings (SSSR count). The van der Waals surface area contributed by atoms with Crippen LogP contribution in [0.5, 0.6) is 5.75 Å². The van der Waals surface area contributed by atoms with Crippen molar-refractivity contribution in [2.24, 2.45) is 0 Å². The number of furan rings is 1. The largest absolute Gasteiger partial charge is 0.496 e. The Balaban J connectivity index is 1.42. The molecule has 0 atom stereocenters. The number of pyridine rings is 1. The molecule has 178 valence electrons. The molecule has 0 radical (unpaired) electrons. The Morgan fingerprint density at radius 2 is 1.79 bits per heavy atom. The minimum Gasteiger partial charge on any atom is -0.496 e. The van der Waals surface area contributed by atoms with Gasteiger partial charge in [0.2, 0.25) is 0 Å². The van der Waals surface area contributed by atoms with Crippen LogP contribution in [0.4, 0.5) is 0 Å². The lowest BCUT2D eigenvalue weighted by Crippen LogP contribution is -2.38. The maximum atomic E-state index is 13.8. The predicted molar refractivity (Wildman–Crippen MR) is 129 cm³/mol. The molecule has 7 heteroatoms. The van der Waals surface area contributed by atoms with Gasteiger partial charge in [0, 0.05) is 57.3 Å². The minimum absolute atomic E-state index is 0.0674. The minimum atomic E-state index is -0.125. The first-order valence-corrected chi connectivity index (χ1v) is 12.0. The normalized spacial score (nSPS) is 16.0. The van der Waals surface area contributed by atoms with E-state index in [9.17, 15) is 9.59 Å². The number of aryl methyl sites for hydroxylation is 1. The first-order chi connectivity index (χ1) is 16.6. The zero-order valence-electron chi connectivity index (χ0n) is 19.9. The zero-order valence-corrected chi connectivity index (χ0v) is 19.9. The maximum Gasteiger partial charge on any atom is 0.259 e. The number of fused-ring (bicyclic) bond motifs is 2. The Bertz CT molecular complexity index is 1260. The molecule has 0 fully saturated rings. The van der Waals surface area contributed by atoms with Gasteiger partial charge >= 0.3 is 0 Å². The van der Waals surface area contributed by atoms with Crippen molar-refractivity contribution >= 4 is 5.91 Å². The summed E-state index contributed by atoms with van der Waals surface area (Å²) in [7, 11) is 1.53. The summed E-state index contributed by atoms with van der Waals surface area (Å²) >= 11 is 0. The van der Waals surface area contributed by atoms with E-state index in [0.717, 1.165) is 36.6 Å². The van der Waals surface area contributed by atoms with E-state index in [1.165, 1.54) is 24.3 Å². The molecule has 1 aromatic carbocycles. The van der Waals surface area contributed by atoms with Gasteiger partial charge in [-0.1, -0.05) is 31.2 Å². The maximum absolute atomic E-state index is 13.8. The van der Waals surface area contributed by atoms with Crippen LogP contribution in [0.3, 0.4) is 0 Å². The lowest BCUT2D eigenvalue weighted by molar-refractivity contribution is 0.0728. The van der Waals surface area contributed by atoms with Crippen molar-refractivity contribution in [2.75, 3.05) is 26.7 Å². The average molecular weight is 462 g/mol. The standard InChI is InChI=1S/C27H31N3O4/c1-3-21-8-9-22(34-21)18-28-12-11-23-26(24(33-2)16-25(31)30(23)15-14-28)27(32)29-13-10-19-6-4-5-7-20(19)17-29/h4-9,16H,3,10-15,17-18H2,1-2H3. The van der Waals surface area contributed by atoms with E-state index in [1.807, 2.05) is 29.2 Å². The van der Waals surface area contributed by atoms with Crippen LogP contribution in [-0.4, -0.2) is 47.0 Å². The molecule has 4 heterocycles. The summed E-state index contributed by atoms with van der Waals surface area (Å²) in [6.45, 7) is 5.96. The average Bonchev–Trinajstić information content (AvgIpc) is 3.22. The second kappa shape index (κ2) is 9.50. The van der Waals surface area contributed by atoms with Gasteiger partial charge in [-0.05, 0) is 29.7 Å². The van der Waals surface area contributed by atoms with Crippen molar-refractivity contribution in [3.63, 3.8) is 0 Å². The van der Waals surface area contributed by atoms with E-state index >= 15 is 0 Å². The van der Waals surface area contributed by atoms with Crippen molar-refractivity contribution < 1.29 is 13.9 Å². The molecule has 1 amide bonds. The summed E-state index contributed by atoms with van der Waals surface area (Å²) in [5.74, 6) is 2.20. The van der Waals surface area contributed by atoms with E-state index in [4.69, 9.17) is 9.15 Å². The van der Waals surface area contributed by atoms with Gasteiger partial charge in [0.15, 0.2) is 0 Å². The van der Waals surface area contributed by atoms with Gasteiger partial charge < -0.3 is 18.6 Å². The Morgan fingerprint density at radius 3 is 2.56 bits per heavy atom. The Hall–Kier alpha value is -3.32. The van der Waals surface area contributed by atoms with E-state index in [-0.39, 0.29) is 11.5 Å². The van der Waals surface area contributed by atoms with Crippen LogP contribution in [0.25, 0.3) is 0 Å². The first kappa shape index (κ1) is 22.5. The van der Waals surface area contributed by atoms with Crippen LogP contribution in [0.15, 0.2) is 51.7 Å². The highest BCUT2D eigenvalue weighted by atomic mass is 16.5. The molecule has 7 nitrogen and oxygen atoms in total. The number of ether oxygens (including phenoxy) is 1. The van der Waals surface area contributed by atoms with Gasteiger partial charge in [-0.25, -0.2) is 0 Å². The lowest BCUT2D eigenvalue weighted by atomic mass is 9.98. The van der Waals surface area contributed by atoms with Crippen LogP contribution in [-0.2, 0) is 38.9 Å². The summed E-state index contributed by atoms with van der Waals surface area (Å²) in [5.41, 5.74) is 3.64. The van der Waals surface area contributed by atoms with Crippen LogP contribution in [0, 0.1) is 0 Å². The molecule has 2 aliphatic rings. The molecule has 0 spiro atoms. The fourth-order valence-electron chi connectivity index (χ4n) is 5.09. The molecule has 2 aromatic heterocycles. The summed E-state index contributed by atoms with van der Waals surface area (Å²) < 4.78 is 13.2. The number of aromatic nitrogens is 1. The molecule has 0 N–H and O–H groups in total. The SMILES string of the molecule is CCc1ccc(CN2CCc3c(C(=O)N4CCc5ccccc5C4)c(OC)cc(=O)n3CC2)o1. The van der Waals surface area contributed by atoms with Crippen molar-refractivity contribution in [1.29, 1.82) is 0 Å². The topological polar surface area (TPSA) is 67.9 Å². The van der Waals surface area contributed by atoms with Gasteiger partial charge in [0.1, 0.15) is 22.8 Å². The highest BCUT2D eigenvalue weighted by molar-refractivity contribution is 5.98. The van der Waals surface area contributed by atoms with Gasteiger partial charge in [-0.2, -0.15) is 0 Å². The van der Waals surface area contributed by atoms with Crippen LogP contribution < -0.4 is 10.3 Å². The van der Waals surface area contributed by atoms with Crippen molar-refractivity contribution in [2.45, 2.75) is 45.8 Å². The third-order valence-electron chi connectivity index (χ3n) is 6.98. The third kappa shape index (κ3) is 4.28. The van der Waals surface area contributed by atoms with Crippen LogP contribution >= 0.6 is 0 Å². The first-order valence-electron chi connectivity index (χ1n) is 12.0. The van der Waals surface area contributed by atoms with Gasteiger partial charge in [0.25, 0.3) is 11.5 Å². The van der Waals surface area contributed by atoms with Gasteiger partial charge in [-0.3, -0.25) is 14.5 Å². The number of methoxy groups -OCH3 is 1. The smallest absolute Gasteiger partial charge is 0.259 e. The Morgan fingerprint density at radius 1 is 1.00 bits per heavy atom. The van der Waals surface area contributed by atoms with E-state index in [1.54, 1.807) is 4.57 Å². The van der Waals surface area contributed by atoms with Crippen molar-refractivity contribution in [1.82, 2.24) is 14.4 Å². The summed E-state index contributed by atoms with van der Waals surface area (Å²) in [6, 6.07) is 13.8. The van der Waals surface area contributed by atoms with Crippen molar-refractivity contribution in [3.05, 3.63) is 86.7 Å². The number of hydrogen-bond acceptors (Lipinski definition) is 5. The highest BCUT2D eigenvalue weighted by Gasteiger charge is 2.30. The molecule has 0 unspecified atom stereocenters. The van der Waals surface area contributed by atoms with E-state index in [0.29, 0.717) is 50.5 Å². The van der Waals surface area contributed by atoms with Gasteiger partial charge in [-0.15, -0.1) is 0 Å². The zero-order chi connectivity index (χ0) is 23.7. The van der Waals surface area contributed by atoms with Gasteiger partial charge in [0.05, 0.1) is 13.7 Å².